The van der Waals surface area contributed by atoms with Crippen molar-refractivity contribution in [3.8, 4) is 0 Å². The molecular weight excluding hydrogens is 371 g/mol. The number of benzene rings is 1. The van der Waals surface area contributed by atoms with Crippen LogP contribution in [-0.2, 0) is 26.9 Å². The van der Waals surface area contributed by atoms with E-state index in [2.05, 4.69) is 5.32 Å². The molecule has 0 saturated heterocycles. The monoisotopic (exact) mass is 395 g/mol. The lowest BCUT2D eigenvalue weighted by atomic mass is 9.53. The highest BCUT2D eigenvalue weighted by Gasteiger charge is 2.51. The zero-order valence-corrected chi connectivity index (χ0v) is 15.6. The molecule has 0 spiro atoms. The molecule has 4 aliphatic carbocycles. The molecule has 152 valence electrons. The topological polar surface area (TPSA) is 55.4 Å². The molecule has 1 amide bonds. The normalized spacial score (nSPS) is 30.9. The van der Waals surface area contributed by atoms with Crippen LogP contribution in [0.1, 0.15) is 49.7 Å². The quantitative estimate of drug-likeness (QED) is 0.770. The Morgan fingerprint density at radius 3 is 2.25 bits per heavy atom. The van der Waals surface area contributed by atoms with Crippen LogP contribution in [0.15, 0.2) is 24.3 Å². The molecule has 0 aromatic heterocycles. The number of rotatable bonds is 5. The highest BCUT2D eigenvalue weighted by Crippen LogP contribution is 2.55. The maximum absolute atomic E-state index is 12.7. The molecule has 4 nitrogen and oxygen atoms in total. The molecule has 7 heteroatoms. The van der Waals surface area contributed by atoms with E-state index in [9.17, 15) is 22.8 Å². The van der Waals surface area contributed by atoms with Crippen LogP contribution < -0.4 is 5.32 Å². The fourth-order valence-corrected chi connectivity index (χ4v) is 5.82. The van der Waals surface area contributed by atoms with E-state index in [1.807, 2.05) is 0 Å². The first kappa shape index (κ1) is 19.3. The minimum absolute atomic E-state index is 0.153. The Bertz CT molecular complexity index is 739. The van der Waals surface area contributed by atoms with Gasteiger partial charge in [0.1, 0.15) is 0 Å². The maximum Gasteiger partial charge on any atom is 0.416 e. The van der Waals surface area contributed by atoms with Gasteiger partial charge in [0, 0.05) is 5.54 Å². The predicted octanol–water partition coefficient (Wildman–Crippen LogP) is 3.88. The van der Waals surface area contributed by atoms with Gasteiger partial charge in [0.25, 0.3) is 5.91 Å². The van der Waals surface area contributed by atoms with Crippen molar-refractivity contribution in [2.24, 2.45) is 17.8 Å². The third kappa shape index (κ3) is 4.18. The molecule has 4 saturated carbocycles. The van der Waals surface area contributed by atoms with Gasteiger partial charge in [-0.25, -0.2) is 0 Å². The van der Waals surface area contributed by atoms with E-state index in [4.69, 9.17) is 4.74 Å². The summed E-state index contributed by atoms with van der Waals surface area (Å²) in [7, 11) is 0. The van der Waals surface area contributed by atoms with Crippen LogP contribution in [0.2, 0.25) is 0 Å². The Kier molecular flexibility index (Phi) is 4.88. The Labute approximate surface area is 161 Å². The molecule has 28 heavy (non-hydrogen) atoms. The van der Waals surface area contributed by atoms with Crippen molar-refractivity contribution in [1.29, 1.82) is 0 Å². The van der Waals surface area contributed by atoms with Crippen molar-refractivity contribution >= 4 is 11.9 Å². The predicted molar refractivity (Wildman–Crippen MR) is 95.2 cm³/mol. The van der Waals surface area contributed by atoms with Gasteiger partial charge in [0.05, 0.1) is 12.0 Å². The number of nitrogens with one attached hydrogen (secondary N) is 1. The van der Waals surface area contributed by atoms with Gasteiger partial charge < -0.3 is 10.1 Å². The molecule has 0 atom stereocenters. The number of alkyl halides is 3. The van der Waals surface area contributed by atoms with Gasteiger partial charge in [0.2, 0.25) is 0 Å². The SMILES string of the molecule is O=C(COC(=O)Cc1cccc(C(F)(F)F)c1)NC12CC3CC(CC(C3)C1)C2. The highest BCUT2D eigenvalue weighted by molar-refractivity contribution is 5.81. The molecule has 1 aromatic carbocycles. The van der Waals surface area contributed by atoms with Crippen LogP contribution in [0.3, 0.4) is 0 Å². The third-order valence-corrected chi connectivity index (χ3v) is 6.41. The summed E-state index contributed by atoms with van der Waals surface area (Å²) in [4.78, 5) is 24.3. The summed E-state index contributed by atoms with van der Waals surface area (Å²) < 4.78 is 43.3. The van der Waals surface area contributed by atoms with Gasteiger partial charge in [-0.05, 0) is 67.9 Å². The standard InChI is InChI=1S/C21H24F3NO3/c22-21(23,24)17-3-1-2-13(7-17)8-19(27)28-12-18(26)25-20-9-14-4-15(10-20)6-16(5-14)11-20/h1-3,7,14-16H,4-6,8-12H2,(H,25,26). The summed E-state index contributed by atoms with van der Waals surface area (Å²) in [5.41, 5.74) is -0.752. The van der Waals surface area contributed by atoms with Crippen LogP contribution >= 0.6 is 0 Å². The number of carbonyl (C=O) groups is 2. The number of hydrogen-bond acceptors (Lipinski definition) is 3. The van der Waals surface area contributed by atoms with Gasteiger partial charge in [0.15, 0.2) is 6.61 Å². The van der Waals surface area contributed by atoms with Crippen molar-refractivity contribution in [2.75, 3.05) is 6.61 Å². The average molecular weight is 395 g/mol. The Hall–Kier alpha value is -2.05. The molecule has 4 aliphatic rings. The highest BCUT2D eigenvalue weighted by atomic mass is 19.4. The van der Waals surface area contributed by atoms with E-state index in [1.54, 1.807) is 0 Å². The van der Waals surface area contributed by atoms with Crippen molar-refractivity contribution in [1.82, 2.24) is 5.32 Å². The number of amides is 1. The molecule has 4 fully saturated rings. The van der Waals surface area contributed by atoms with E-state index in [1.165, 1.54) is 31.4 Å². The van der Waals surface area contributed by atoms with E-state index in [0.717, 1.165) is 31.4 Å². The molecule has 0 aliphatic heterocycles. The number of carbonyl (C=O) groups excluding carboxylic acids is 2. The maximum atomic E-state index is 12.7. The second-order valence-electron chi connectivity index (χ2n) is 8.78. The summed E-state index contributed by atoms with van der Waals surface area (Å²) in [6, 6.07) is 4.57. The average Bonchev–Trinajstić information content (AvgIpc) is 2.58. The van der Waals surface area contributed by atoms with Crippen LogP contribution in [-0.4, -0.2) is 24.0 Å². The van der Waals surface area contributed by atoms with E-state index in [-0.39, 0.29) is 30.0 Å². The summed E-state index contributed by atoms with van der Waals surface area (Å²) in [6.45, 7) is -0.389. The first-order valence-electron chi connectivity index (χ1n) is 9.83. The molecule has 0 heterocycles. The van der Waals surface area contributed by atoms with Crippen LogP contribution in [0.25, 0.3) is 0 Å². The first-order valence-corrected chi connectivity index (χ1v) is 9.83. The van der Waals surface area contributed by atoms with Crippen molar-refractivity contribution in [3.63, 3.8) is 0 Å². The zero-order chi connectivity index (χ0) is 19.9. The molecular formula is C21H24F3NO3. The number of ether oxygens (including phenoxy) is 1. The molecule has 0 unspecified atom stereocenters. The fraction of sp³-hybridized carbons (Fsp3) is 0.619. The number of hydrogen-bond donors (Lipinski definition) is 1. The van der Waals surface area contributed by atoms with Gasteiger partial charge in [-0.2, -0.15) is 13.2 Å². The van der Waals surface area contributed by atoms with Crippen LogP contribution in [0, 0.1) is 17.8 Å². The van der Waals surface area contributed by atoms with Gasteiger partial charge in [-0.1, -0.05) is 18.2 Å². The Morgan fingerprint density at radius 1 is 1.07 bits per heavy atom. The summed E-state index contributed by atoms with van der Waals surface area (Å²) in [5, 5.41) is 3.11. The van der Waals surface area contributed by atoms with Crippen molar-refractivity contribution < 1.29 is 27.5 Å². The number of esters is 1. The van der Waals surface area contributed by atoms with E-state index in [0.29, 0.717) is 17.8 Å². The van der Waals surface area contributed by atoms with Crippen molar-refractivity contribution in [3.05, 3.63) is 35.4 Å². The lowest BCUT2D eigenvalue weighted by Gasteiger charge is -2.56. The largest absolute Gasteiger partial charge is 0.455 e. The Morgan fingerprint density at radius 2 is 1.68 bits per heavy atom. The van der Waals surface area contributed by atoms with Gasteiger partial charge >= 0.3 is 12.1 Å². The second kappa shape index (κ2) is 7.08. The lowest BCUT2D eigenvalue weighted by molar-refractivity contribution is -0.149. The summed E-state index contributed by atoms with van der Waals surface area (Å²) in [5.74, 6) is 1.04. The molecule has 4 bridgehead atoms. The molecule has 0 radical (unpaired) electrons. The number of halogens is 3. The van der Waals surface area contributed by atoms with Gasteiger partial charge in [-0.3, -0.25) is 9.59 Å². The Balaban J connectivity index is 1.28. The van der Waals surface area contributed by atoms with Gasteiger partial charge in [-0.15, -0.1) is 0 Å². The van der Waals surface area contributed by atoms with Crippen LogP contribution in [0.4, 0.5) is 13.2 Å². The zero-order valence-electron chi connectivity index (χ0n) is 15.6. The minimum Gasteiger partial charge on any atom is -0.455 e. The lowest BCUT2D eigenvalue weighted by Crippen LogP contribution is -2.60. The summed E-state index contributed by atoms with van der Waals surface area (Å²) >= 11 is 0. The smallest absolute Gasteiger partial charge is 0.416 e. The minimum atomic E-state index is -4.46. The second-order valence-corrected chi connectivity index (χ2v) is 8.78. The van der Waals surface area contributed by atoms with E-state index < -0.39 is 17.7 Å². The molecule has 1 aromatic rings. The fourth-order valence-electron chi connectivity index (χ4n) is 5.82. The molecule has 5 rings (SSSR count). The first-order chi connectivity index (χ1) is 13.2. The summed E-state index contributed by atoms with van der Waals surface area (Å²) in [6.07, 6.45) is 2.05. The van der Waals surface area contributed by atoms with Crippen LogP contribution in [0.5, 0.6) is 0 Å². The van der Waals surface area contributed by atoms with E-state index >= 15 is 0 Å². The van der Waals surface area contributed by atoms with Crippen molar-refractivity contribution in [2.45, 2.75) is 56.7 Å². The molecule has 1 N–H and O–H groups in total. The third-order valence-electron chi connectivity index (χ3n) is 6.41.